The van der Waals surface area contributed by atoms with Gasteiger partial charge in [0.25, 0.3) is 0 Å². The lowest BCUT2D eigenvalue weighted by Gasteiger charge is -2.36. The molecule has 0 saturated carbocycles. The van der Waals surface area contributed by atoms with Crippen LogP contribution in [0.4, 0.5) is 0 Å². The third-order valence-electron chi connectivity index (χ3n) is 4.37. The molecule has 0 unspecified atom stereocenters. The second kappa shape index (κ2) is 7.05. The molecule has 2 rings (SSSR count). The molecule has 1 fully saturated rings. The Kier molecular flexibility index (Phi) is 5.37. The molecule has 4 nitrogen and oxygen atoms in total. The maximum absolute atomic E-state index is 12.3. The van der Waals surface area contributed by atoms with Crippen molar-refractivity contribution < 1.29 is 9.53 Å². The summed E-state index contributed by atoms with van der Waals surface area (Å²) in [6, 6.07) is 7.78. The number of esters is 1. The predicted molar refractivity (Wildman–Crippen MR) is 83.8 cm³/mol. The van der Waals surface area contributed by atoms with E-state index >= 15 is 0 Å². The average Bonchev–Trinajstić information content (AvgIpc) is 2.48. The Labute approximate surface area is 127 Å². The molecule has 4 heteroatoms. The standard InChI is InChI=1S/C17H26N2O2/c1-17(2,15-7-9-19-10-8-15)21-16(20)11-13-5-3-4-6-14(13)12-18/h3-6,15,19H,7-12,18H2,1-2H3. The Hall–Kier alpha value is -1.39. The van der Waals surface area contributed by atoms with Gasteiger partial charge in [-0.2, -0.15) is 0 Å². The van der Waals surface area contributed by atoms with Gasteiger partial charge in [-0.25, -0.2) is 0 Å². The van der Waals surface area contributed by atoms with Crippen LogP contribution in [0.5, 0.6) is 0 Å². The van der Waals surface area contributed by atoms with Gasteiger partial charge >= 0.3 is 5.97 Å². The smallest absolute Gasteiger partial charge is 0.310 e. The lowest BCUT2D eigenvalue weighted by atomic mass is 9.83. The van der Waals surface area contributed by atoms with Crippen molar-refractivity contribution >= 4 is 5.97 Å². The predicted octanol–water partition coefficient (Wildman–Crippen LogP) is 2.01. The third-order valence-corrected chi connectivity index (χ3v) is 4.37. The van der Waals surface area contributed by atoms with E-state index in [4.69, 9.17) is 10.5 Å². The largest absolute Gasteiger partial charge is 0.459 e. The van der Waals surface area contributed by atoms with E-state index in [-0.39, 0.29) is 5.97 Å². The van der Waals surface area contributed by atoms with Gasteiger partial charge in [0.2, 0.25) is 0 Å². The summed E-state index contributed by atoms with van der Waals surface area (Å²) in [5, 5.41) is 3.34. The normalized spacial score (nSPS) is 16.7. The molecular weight excluding hydrogens is 264 g/mol. The third kappa shape index (κ3) is 4.29. The van der Waals surface area contributed by atoms with Crippen molar-refractivity contribution in [2.24, 2.45) is 11.7 Å². The number of carbonyl (C=O) groups is 1. The van der Waals surface area contributed by atoms with Gasteiger partial charge in [-0.15, -0.1) is 0 Å². The summed E-state index contributed by atoms with van der Waals surface area (Å²) in [5.74, 6) is 0.256. The average molecular weight is 290 g/mol. The van der Waals surface area contributed by atoms with Crippen molar-refractivity contribution in [1.29, 1.82) is 0 Å². The molecule has 0 aliphatic carbocycles. The Morgan fingerprint density at radius 2 is 1.90 bits per heavy atom. The van der Waals surface area contributed by atoms with Crippen LogP contribution >= 0.6 is 0 Å². The van der Waals surface area contributed by atoms with E-state index in [0.29, 0.717) is 18.9 Å². The molecule has 116 valence electrons. The molecule has 0 radical (unpaired) electrons. The molecule has 0 aromatic heterocycles. The van der Waals surface area contributed by atoms with Gasteiger partial charge in [-0.1, -0.05) is 24.3 Å². The number of nitrogens with one attached hydrogen (secondary N) is 1. The van der Waals surface area contributed by atoms with Gasteiger partial charge in [-0.05, 0) is 50.9 Å². The maximum Gasteiger partial charge on any atom is 0.310 e. The number of benzene rings is 1. The fourth-order valence-corrected chi connectivity index (χ4v) is 3.01. The zero-order valence-electron chi connectivity index (χ0n) is 13.0. The van der Waals surface area contributed by atoms with Crippen LogP contribution in [-0.2, 0) is 22.5 Å². The number of hydrogen-bond acceptors (Lipinski definition) is 4. The van der Waals surface area contributed by atoms with E-state index in [1.165, 1.54) is 0 Å². The van der Waals surface area contributed by atoms with Crippen molar-refractivity contribution in [2.45, 2.75) is 45.3 Å². The number of ether oxygens (including phenoxy) is 1. The summed E-state index contributed by atoms with van der Waals surface area (Å²) in [6.07, 6.45) is 2.40. The molecule has 21 heavy (non-hydrogen) atoms. The maximum atomic E-state index is 12.3. The van der Waals surface area contributed by atoms with Gasteiger partial charge in [-0.3, -0.25) is 4.79 Å². The van der Waals surface area contributed by atoms with E-state index in [2.05, 4.69) is 5.32 Å². The van der Waals surface area contributed by atoms with Crippen molar-refractivity contribution in [1.82, 2.24) is 5.32 Å². The van der Waals surface area contributed by atoms with Crippen LogP contribution in [0, 0.1) is 5.92 Å². The van der Waals surface area contributed by atoms with Crippen LogP contribution in [0.1, 0.15) is 37.8 Å². The SMILES string of the molecule is CC(C)(OC(=O)Cc1ccccc1CN)C1CCNCC1. The number of hydrogen-bond donors (Lipinski definition) is 2. The summed E-state index contributed by atoms with van der Waals surface area (Å²) in [6.45, 7) is 6.50. The highest BCUT2D eigenvalue weighted by atomic mass is 16.6. The molecule has 0 spiro atoms. The molecule has 0 atom stereocenters. The Bertz CT molecular complexity index is 479. The summed E-state index contributed by atoms with van der Waals surface area (Å²) in [5.41, 5.74) is 7.28. The topological polar surface area (TPSA) is 64.3 Å². The molecule has 0 bridgehead atoms. The fraction of sp³-hybridized carbons (Fsp3) is 0.588. The van der Waals surface area contributed by atoms with Gasteiger partial charge in [0, 0.05) is 12.5 Å². The highest BCUT2D eigenvalue weighted by Gasteiger charge is 2.34. The Morgan fingerprint density at radius 3 is 2.52 bits per heavy atom. The number of piperidine rings is 1. The van der Waals surface area contributed by atoms with Crippen molar-refractivity contribution in [3.8, 4) is 0 Å². The van der Waals surface area contributed by atoms with Crippen LogP contribution in [0.2, 0.25) is 0 Å². The molecule has 1 aromatic carbocycles. The van der Waals surface area contributed by atoms with E-state index < -0.39 is 5.60 Å². The van der Waals surface area contributed by atoms with Crippen LogP contribution in [0.25, 0.3) is 0 Å². The van der Waals surface area contributed by atoms with E-state index in [1.807, 2.05) is 38.1 Å². The monoisotopic (exact) mass is 290 g/mol. The Morgan fingerprint density at radius 1 is 1.29 bits per heavy atom. The summed E-state index contributed by atoms with van der Waals surface area (Å²) in [7, 11) is 0. The van der Waals surface area contributed by atoms with E-state index in [1.54, 1.807) is 0 Å². The zero-order valence-corrected chi connectivity index (χ0v) is 13.0. The van der Waals surface area contributed by atoms with Crippen molar-refractivity contribution in [2.75, 3.05) is 13.1 Å². The summed E-state index contributed by atoms with van der Waals surface area (Å²) < 4.78 is 5.77. The number of carbonyl (C=O) groups excluding carboxylic acids is 1. The second-order valence-electron chi connectivity index (χ2n) is 6.25. The minimum absolute atomic E-state index is 0.167. The van der Waals surface area contributed by atoms with Crippen LogP contribution in [0.3, 0.4) is 0 Å². The van der Waals surface area contributed by atoms with Crippen molar-refractivity contribution in [3.05, 3.63) is 35.4 Å². The molecule has 3 N–H and O–H groups in total. The van der Waals surface area contributed by atoms with E-state index in [9.17, 15) is 4.79 Å². The first-order chi connectivity index (χ1) is 10.0. The van der Waals surface area contributed by atoms with E-state index in [0.717, 1.165) is 37.1 Å². The van der Waals surface area contributed by atoms with Gasteiger partial charge in [0.1, 0.15) is 5.60 Å². The highest BCUT2D eigenvalue weighted by molar-refractivity contribution is 5.73. The fourth-order valence-electron chi connectivity index (χ4n) is 3.01. The molecule has 1 aromatic rings. The first-order valence-electron chi connectivity index (χ1n) is 7.72. The molecule has 0 amide bonds. The molecule has 1 aliphatic rings. The lowest BCUT2D eigenvalue weighted by Crippen LogP contribution is -2.43. The van der Waals surface area contributed by atoms with Gasteiger partial charge in [0.05, 0.1) is 6.42 Å². The van der Waals surface area contributed by atoms with Crippen LogP contribution in [-0.4, -0.2) is 24.7 Å². The summed E-state index contributed by atoms with van der Waals surface area (Å²) >= 11 is 0. The second-order valence-corrected chi connectivity index (χ2v) is 6.25. The first-order valence-corrected chi connectivity index (χ1v) is 7.72. The highest BCUT2D eigenvalue weighted by Crippen LogP contribution is 2.29. The minimum atomic E-state index is -0.406. The molecule has 1 heterocycles. The summed E-state index contributed by atoms with van der Waals surface area (Å²) in [4.78, 5) is 12.3. The van der Waals surface area contributed by atoms with Crippen molar-refractivity contribution in [3.63, 3.8) is 0 Å². The minimum Gasteiger partial charge on any atom is -0.459 e. The first kappa shape index (κ1) is 16.0. The molecule has 1 aliphatic heterocycles. The van der Waals surface area contributed by atoms with Crippen LogP contribution in [0.15, 0.2) is 24.3 Å². The number of nitrogens with two attached hydrogens (primary N) is 1. The number of rotatable bonds is 5. The Balaban J connectivity index is 1.97. The molecular formula is C17H26N2O2. The van der Waals surface area contributed by atoms with Crippen LogP contribution < -0.4 is 11.1 Å². The zero-order chi connectivity index (χ0) is 15.3. The lowest BCUT2D eigenvalue weighted by molar-refractivity contribution is -0.161. The van der Waals surface area contributed by atoms with Gasteiger partial charge < -0.3 is 15.8 Å². The van der Waals surface area contributed by atoms with Gasteiger partial charge in [0.15, 0.2) is 0 Å². The molecule has 1 saturated heterocycles. The quantitative estimate of drug-likeness (QED) is 0.814.